The molecule has 4 rings (SSSR count). The summed E-state index contributed by atoms with van der Waals surface area (Å²) in [6, 6.07) is 13.9. The van der Waals surface area contributed by atoms with E-state index in [0.29, 0.717) is 11.2 Å². The van der Waals surface area contributed by atoms with Gasteiger partial charge < -0.3 is 9.99 Å². The summed E-state index contributed by atoms with van der Waals surface area (Å²) in [5.41, 5.74) is 5.26. The minimum absolute atomic E-state index is 0.0920. The summed E-state index contributed by atoms with van der Waals surface area (Å²) in [5, 5.41) is 6.63. The van der Waals surface area contributed by atoms with Gasteiger partial charge in [-0.1, -0.05) is 24.3 Å². The van der Waals surface area contributed by atoms with Gasteiger partial charge in [-0.25, -0.2) is 10.4 Å². The van der Waals surface area contributed by atoms with Crippen molar-refractivity contribution in [2.75, 3.05) is 12.1 Å². The van der Waals surface area contributed by atoms with Gasteiger partial charge in [-0.2, -0.15) is 0 Å². The molecule has 5 nitrogen and oxygen atoms in total. The molecule has 4 aromatic rings. The summed E-state index contributed by atoms with van der Waals surface area (Å²) in [6.07, 6.45) is 0. The molecular weight excluding hydrogens is 364 g/mol. The number of fused-ring (bicyclic) bond motifs is 1. The smallest absolute Gasteiger partial charge is 0.260 e. The lowest BCUT2D eigenvalue weighted by Gasteiger charge is -2.24. The van der Waals surface area contributed by atoms with Gasteiger partial charge in [0.1, 0.15) is 10.7 Å². The molecule has 0 bridgehead atoms. The molecule has 0 unspecified atom stereocenters. The maximum absolute atomic E-state index is 12.7. The van der Waals surface area contributed by atoms with Crippen LogP contribution in [0.3, 0.4) is 0 Å². The Balaban J connectivity index is 1.64. The normalized spacial score (nSPS) is 12.4. The SMILES string of the molecule is C[C@@H](NN(C)c1ccccc1)c1nc2scc(-c3cccs3)c2c(=O)[nH]1. The highest BCUT2D eigenvalue weighted by Gasteiger charge is 2.17. The van der Waals surface area contributed by atoms with Crippen LogP contribution in [0.1, 0.15) is 18.8 Å². The maximum Gasteiger partial charge on any atom is 0.260 e. The lowest BCUT2D eigenvalue weighted by atomic mass is 10.2. The van der Waals surface area contributed by atoms with Crippen molar-refractivity contribution in [1.82, 2.24) is 15.4 Å². The Labute approximate surface area is 158 Å². The first-order chi connectivity index (χ1) is 12.6. The molecule has 0 radical (unpaired) electrons. The van der Waals surface area contributed by atoms with Crippen LogP contribution in [0.5, 0.6) is 0 Å². The van der Waals surface area contributed by atoms with Gasteiger partial charge in [0.2, 0.25) is 0 Å². The zero-order chi connectivity index (χ0) is 18.1. The molecule has 0 amide bonds. The van der Waals surface area contributed by atoms with E-state index < -0.39 is 0 Å². The van der Waals surface area contributed by atoms with Crippen LogP contribution in [-0.2, 0) is 0 Å². The summed E-state index contributed by atoms with van der Waals surface area (Å²) in [5.74, 6) is 0.630. The summed E-state index contributed by atoms with van der Waals surface area (Å²) >= 11 is 3.14. The Morgan fingerprint density at radius 1 is 1.15 bits per heavy atom. The van der Waals surface area contributed by atoms with Crippen LogP contribution in [0.25, 0.3) is 20.7 Å². The predicted molar refractivity (Wildman–Crippen MR) is 110 cm³/mol. The fraction of sp³-hybridized carbons (Fsp3) is 0.158. The van der Waals surface area contributed by atoms with Crippen molar-refractivity contribution in [3.05, 3.63) is 69.4 Å². The van der Waals surface area contributed by atoms with Crippen molar-refractivity contribution in [2.45, 2.75) is 13.0 Å². The molecule has 0 saturated heterocycles. The molecule has 3 aromatic heterocycles. The predicted octanol–water partition coefficient (Wildman–Crippen LogP) is 4.42. The Kier molecular flexibility index (Phi) is 4.58. The second-order valence-corrected chi connectivity index (χ2v) is 7.81. The number of aromatic amines is 1. The largest absolute Gasteiger partial charge is 0.311 e. The molecule has 0 aliphatic carbocycles. The minimum Gasteiger partial charge on any atom is -0.311 e. The van der Waals surface area contributed by atoms with Crippen LogP contribution in [0.4, 0.5) is 5.69 Å². The zero-order valence-corrected chi connectivity index (χ0v) is 16.0. The molecular formula is C19H18N4OS2. The van der Waals surface area contributed by atoms with Crippen molar-refractivity contribution in [2.24, 2.45) is 0 Å². The monoisotopic (exact) mass is 382 g/mol. The minimum atomic E-state index is -0.135. The molecule has 0 aliphatic rings. The quantitative estimate of drug-likeness (QED) is 0.502. The zero-order valence-electron chi connectivity index (χ0n) is 14.4. The van der Waals surface area contributed by atoms with E-state index in [9.17, 15) is 4.79 Å². The number of thiophene rings is 2. The van der Waals surface area contributed by atoms with E-state index in [4.69, 9.17) is 4.98 Å². The average molecular weight is 383 g/mol. The van der Waals surface area contributed by atoms with Crippen LogP contribution in [-0.4, -0.2) is 17.0 Å². The number of H-pyrrole nitrogens is 1. The second kappa shape index (κ2) is 7.03. The van der Waals surface area contributed by atoms with E-state index in [1.165, 1.54) is 11.3 Å². The number of rotatable bonds is 5. The summed E-state index contributed by atoms with van der Waals surface area (Å²) in [4.78, 5) is 22.2. The first-order valence-electron chi connectivity index (χ1n) is 8.23. The van der Waals surface area contributed by atoms with Crippen molar-refractivity contribution in [1.29, 1.82) is 0 Å². The topological polar surface area (TPSA) is 61.0 Å². The van der Waals surface area contributed by atoms with E-state index in [-0.39, 0.29) is 11.6 Å². The molecule has 0 saturated carbocycles. The van der Waals surface area contributed by atoms with E-state index in [1.807, 2.05) is 72.2 Å². The van der Waals surface area contributed by atoms with E-state index in [0.717, 1.165) is 21.0 Å². The highest BCUT2D eigenvalue weighted by Crippen LogP contribution is 2.33. The molecule has 0 fully saturated rings. The van der Waals surface area contributed by atoms with Crippen molar-refractivity contribution >= 4 is 38.6 Å². The van der Waals surface area contributed by atoms with E-state index in [1.54, 1.807) is 11.3 Å². The number of hydrogen-bond donors (Lipinski definition) is 2. The lowest BCUT2D eigenvalue weighted by Crippen LogP contribution is -2.37. The van der Waals surface area contributed by atoms with Gasteiger partial charge in [0, 0.05) is 22.9 Å². The fourth-order valence-electron chi connectivity index (χ4n) is 2.86. The van der Waals surface area contributed by atoms with Crippen LogP contribution in [0.15, 0.2) is 58.0 Å². The first kappa shape index (κ1) is 17.0. The third kappa shape index (κ3) is 3.16. The number of benzene rings is 1. The average Bonchev–Trinajstić information content (AvgIpc) is 3.31. The summed E-state index contributed by atoms with van der Waals surface area (Å²) in [7, 11) is 1.95. The van der Waals surface area contributed by atoms with Crippen molar-refractivity contribution in [3.63, 3.8) is 0 Å². The Bertz CT molecular complexity index is 1070. The van der Waals surface area contributed by atoms with Gasteiger partial charge >= 0.3 is 0 Å². The Morgan fingerprint density at radius 2 is 1.96 bits per heavy atom. The standard InChI is InChI=1S/C19H18N4OS2/c1-12(22-23(2)13-7-4-3-5-8-13)17-20-18(24)16-14(11-26-19(16)21-17)15-9-6-10-25-15/h3-12,22H,1-2H3,(H,20,21,24)/t12-/m1/s1. The molecule has 1 atom stereocenters. The number of hydrogen-bond acceptors (Lipinski definition) is 6. The van der Waals surface area contributed by atoms with Gasteiger partial charge in [-0.05, 0) is 30.5 Å². The summed E-state index contributed by atoms with van der Waals surface area (Å²) in [6.45, 7) is 1.98. The third-order valence-corrected chi connectivity index (χ3v) is 5.97. The highest BCUT2D eigenvalue weighted by molar-refractivity contribution is 7.18. The highest BCUT2D eigenvalue weighted by atomic mass is 32.1. The molecule has 1 aromatic carbocycles. The Hall–Kier alpha value is -2.48. The fourth-order valence-corrected chi connectivity index (χ4v) is 4.63. The van der Waals surface area contributed by atoms with Crippen molar-refractivity contribution < 1.29 is 0 Å². The molecule has 7 heteroatoms. The van der Waals surface area contributed by atoms with E-state index in [2.05, 4.69) is 10.4 Å². The third-order valence-electron chi connectivity index (χ3n) is 4.19. The molecule has 26 heavy (non-hydrogen) atoms. The molecule has 0 spiro atoms. The lowest BCUT2D eigenvalue weighted by molar-refractivity contribution is 0.541. The number of nitrogens with one attached hydrogen (secondary N) is 2. The maximum atomic E-state index is 12.7. The van der Waals surface area contributed by atoms with Gasteiger partial charge in [0.25, 0.3) is 5.56 Å². The van der Waals surface area contributed by atoms with Gasteiger partial charge in [0.15, 0.2) is 0 Å². The summed E-state index contributed by atoms with van der Waals surface area (Å²) < 4.78 is 0. The van der Waals surface area contributed by atoms with Crippen LogP contribution < -0.4 is 16.0 Å². The van der Waals surface area contributed by atoms with E-state index >= 15 is 0 Å². The number of hydrazine groups is 1. The van der Waals surface area contributed by atoms with Gasteiger partial charge in [-0.3, -0.25) is 4.79 Å². The van der Waals surface area contributed by atoms with Crippen LogP contribution in [0, 0.1) is 0 Å². The first-order valence-corrected chi connectivity index (χ1v) is 9.99. The van der Waals surface area contributed by atoms with Crippen LogP contribution >= 0.6 is 22.7 Å². The number of para-hydroxylation sites is 1. The van der Waals surface area contributed by atoms with Crippen LogP contribution in [0.2, 0.25) is 0 Å². The molecule has 132 valence electrons. The van der Waals surface area contributed by atoms with Gasteiger partial charge in [-0.15, -0.1) is 22.7 Å². The second-order valence-electron chi connectivity index (χ2n) is 6.00. The van der Waals surface area contributed by atoms with Crippen molar-refractivity contribution in [3.8, 4) is 10.4 Å². The van der Waals surface area contributed by atoms with Gasteiger partial charge in [0.05, 0.1) is 17.1 Å². The molecule has 3 heterocycles. The number of anilines is 1. The molecule has 0 aliphatic heterocycles. The Morgan fingerprint density at radius 3 is 2.69 bits per heavy atom. The number of aromatic nitrogens is 2. The number of nitrogens with zero attached hydrogens (tertiary/aromatic N) is 2. The molecule has 2 N–H and O–H groups in total.